The first-order chi connectivity index (χ1) is 31.9. The highest BCUT2D eigenvalue weighted by Crippen LogP contribution is 2.52. The number of benzene rings is 8. The molecule has 0 unspecified atom stereocenters. The van der Waals surface area contributed by atoms with Crippen LogP contribution in [-0.2, 0) is 5.41 Å². The zero-order valence-corrected chi connectivity index (χ0v) is 39.5. The molecule has 8 aromatic carbocycles. The maximum Gasteiger partial charge on any atom is 0.123 e. The van der Waals surface area contributed by atoms with Crippen molar-refractivity contribution in [3.8, 4) is 22.3 Å². The molecule has 4 aliphatic heterocycles. The highest BCUT2D eigenvalue weighted by atomic mass is 28.3. The van der Waals surface area contributed by atoms with Crippen LogP contribution in [0.1, 0.15) is 61.8 Å². The van der Waals surface area contributed by atoms with E-state index in [0.717, 1.165) is 0 Å². The van der Waals surface area contributed by atoms with Crippen LogP contribution in [-0.4, -0.2) is 16.1 Å². The lowest BCUT2D eigenvalue weighted by molar-refractivity contribution is 0.660. The van der Waals surface area contributed by atoms with E-state index in [-0.39, 0.29) is 5.41 Å². The largest absolute Gasteiger partial charge is 0.316 e. The smallest absolute Gasteiger partial charge is 0.123 e. The number of hydrogen-bond acceptors (Lipinski definition) is 2. The molecule has 0 aromatic heterocycles. The van der Waals surface area contributed by atoms with Crippen molar-refractivity contribution in [3.05, 3.63) is 204 Å². The van der Waals surface area contributed by atoms with Gasteiger partial charge in [0.2, 0.25) is 0 Å². The molecular formula is C61H54N2Si2-. The van der Waals surface area contributed by atoms with Gasteiger partial charge in [-0.15, -0.1) is 12.1 Å². The minimum atomic E-state index is -1.78. The predicted octanol–water partition coefficient (Wildman–Crippen LogP) is 14.1. The summed E-state index contributed by atoms with van der Waals surface area (Å²) >= 11 is 0. The van der Waals surface area contributed by atoms with Gasteiger partial charge in [-0.25, -0.2) is 0 Å². The Balaban J connectivity index is 0.801. The fraction of sp³-hybridized carbons (Fsp3) is 0.180. The summed E-state index contributed by atoms with van der Waals surface area (Å²) in [5.41, 5.74) is 18.3. The first kappa shape index (κ1) is 38.9. The van der Waals surface area contributed by atoms with Crippen LogP contribution < -0.4 is 30.5 Å². The van der Waals surface area contributed by atoms with Gasteiger partial charge in [-0.05, 0) is 122 Å². The highest BCUT2D eigenvalue weighted by molar-refractivity contribution is 7.05. The SMILES string of the molecule is CC1(C)c2cc(/C=C/c3cccc(-c4cccc(N5c6ccccc6[Si-]6(CCCC6)c6ccccc65)c4)c3)ccc2-c2ccc(N3c4ccccc4[Si]4(CCCC4)c4ccccc43)cc21. The van der Waals surface area contributed by atoms with Crippen molar-refractivity contribution in [1.29, 1.82) is 0 Å². The van der Waals surface area contributed by atoms with Gasteiger partial charge in [0.15, 0.2) is 0 Å². The molecular weight excluding hydrogens is 817 g/mol. The maximum absolute atomic E-state index is 2.58. The second kappa shape index (κ2) is 14.8. The highest BCUT2D eigenvalue weighted by Gasteiger charge is 2.47. The number of para-hydroxylation sites is 4. The van der Waals surface area contributed by atoms with E-state index in [4.69, 9.17) is 0 Å². The van der Waals surface area contributed by atoms with Crippen molar-refractivity contribution in [2.24, 2.45) is 0 Å². The Kier molecular flexibility index (Phi) is 8.86. The molecule has 2 spiro atoms. The standard InChI is InChI=1S/C61H54N2Si2/c1-61(2)51-40-44(31-33-49(51)50-34-32-48(42-52(50)61)63-55-23-5-9-27-59(55)65(37-13-14-38-65)60-28-10-6-24-56(60)63)30-29-43-17-15-18-45(39-43)46-19-16-20-47(41-46)62-53-21-3-7-25-57(53)64(35-11-12-36-64)58-26-8-4-22-54(58)62/h3-10,15-34,39-42H,11-14,35-38H2,1-2H3/q-1/b30-29+. The van der Waals surface area contributed by atoms with E-state index in [2.05, 4.69) is 218 Å². The van der Waals surface area contributed by atoms with Gasteiger partial charge in [0.05, 0.1) is 0 Å². The lowest BCUT2D eigenvalue weighted by atomic mass is 9.81. The molecule has 2 nitrogen and oxygen atoms in total. The average molecular weight is 871 g/mol. The molecule has 1 aliphatic carbocycles. The van der Waals surface area contributed by atoms with E-state index in [1.807, 2.05) is 0 Å². The summed E-state index contributed by atoms with van der Waals surface area (Å²) < 4.78 is 0. The third-order valence-electron chi connectivity index (χ3n) is 16.3. The lowest BCUT2D eigenvalue weighted by Crippen LogP contribution is -2.60. The molecule has 4 heteroatoms. The molecule has 13 rings (SSSR count). The molecule has 65 heavy (non-hydrogen) atoms. The Bertz CT molecular complexity index is 3140. The van der Waals surface area contributed by atoms with E-state index < -0.39 is 16.1 Å². The number of anilines is 6. The Hall–Kier alpha value is -6.47. The third-order valence-corrected chi connectivity index (χ3v) is 26.9. The van der Waals surface area contributed by atoms with Crippen LogP contribution in [0.15, 0.2) is 182 Å². The summed E-state index contributed by atoms with van der Waals surface area (Å²) in [6.07, 6.45) is 9.99. The third kappa shape index (κ3) is 5.82. The van der Waals surface area contributed by atoms with Gasteiger partial charge in [0.25, 0.3) is 0 Å². The van der Waals surface area contributed by atoms with Gasteiger partial charge in [0.1, 0.15) is 8.07 Å². The average Bonchev–Trinajstić information content (AvgIpc) is 4.10. The van der Waals surface area contributed by atoms with E-state index in [0.29, 0.717) is 0 Å². The molecule has 8 aromatic rings. The molecule has 0 N–H and O–H groups in total. The molecule has 317 valence electrons. The second-order valence-corrected chi connectivity index (χ2v) is 28.5. The van der Waals surface area contributed by atoms with Crippen molar-refractivity contribution >= 4 is 83.2 Å². The van der Waals surface area contributed by atoms with Crippen molar-refractivity contribution in [2.45, 2.75) is 69.1 Å². The quantitative estimate of drug-likeness (QED) is 0.126. The Morgan fingerprint density at radius 2 is 0.954 bits per heavy atom. The second-order valence-electron chi connectivity index (χ2n) is 20.0. The van der Waals surface area contributed by atoms with Crippen LogP contribution >= 0.6 is 0 Å². The van der Waals surface area contributed by atoms with Crippen LogP contribution in [0.2, 0.25) is 24.2 Å². The minimum absolute atomic E-state index is 0.138. The van der Waals surface area contributed by atoms with Crippen molar-refractivity contribution < 1.29 is 0 Å². The van der Waals surface area contributed by atoms with E-state index >= 15 is 0 Å². The first-order valence-corrected chi connectivity index (χ1v) is 28.9. The minimum Gasteiger partial charge on any atom is -0.316 e. The van der Waals surface area contributed by atoms with Crippen LogP contribution in [0, 0.1) is 0 Å². The van der Waals surface area contributed by atoms with Gasteiger partial charge in [-0.3, -0.25) is 0 Å². The summed E-state index contributed by atoms with van der Waals surface area (Å²) in [6.45, 7) is 4.84. The van der Waals surface area contributed by atoms with Gasteiger partial charge < -0.3 is 9.80 Å². The summed E-state index contributed by atoms with van der Waals surface area (Å²) in [6, 6.07) is 75.4. The van der Waals surface area contributed by atoms with Crippen LogP contribution in [0.4, 0.5) is 34.1 Å². The zero-order valence-electron chi connectivity index (χ0n) is 37.5. The number of hydrogen-bond donors (Lipinski definition) is 0. The van der Waals surface area contributed by atoms with Crippen LogP contribution in [0.5, 0.6) is 0 Å². The molecule has 0 bridgehead atoms. The number of rotatable bonds is 5. The fourth-order valence-electron chi connectivity index (χ4n) is 13.3. The molecule has 0 amide bonds. The Morgan fingerprint density at radius 1 is 0.446 bits per heavy atom. The Morgan fingerprint density at radius 3 is 1.62 bits per heavy atom. The van der Waals surface area contributed by atoms with Crippen molar-refractivity contribution in [2.75, 3.05) is 9.80 Å². The molecule has 5 aliphatic rings. The summed E-state index contributed by atoms with van der Waals surface area (Å²) in [5.74, 6) is 0. The molecule has 0 radical (unpaired) electrons. The predicted molar refractivity (Wildman–Crippen MR) is 282 cm³/mol. The normalized spacial score (nSPS) is 17.8. The lowest BCUT2D eigenvalue weighted by Gasteiger charge is -2.51. The fourth-order valence-corrected chi connectivity index (χ4v) is 24.3. The van der Waals surface area contributed by atoms with Crippen molar-refractivity contribution in [3.63, 3.8) is 0 Å². The molecule has 0 saturated carbocycles. The Labute approximate surface area is 386 Å². The van der Waals surface area contributed by atoms with Gasteiger partial charge in [-0.2, -0.15) is 10.4 Å². The first-order valence-electron chi connectivity index (χ1n) is 24.1. The molecule has 2 fully saturated rings. The van der Waals surface area contributed by atoms with E-state index in [9.17, 15) is 0 Å². The van der Waals surface area contributed by atoms with E-state index in [1.54, 1.807) is 20.7 Å². The summed E-state index contributed by atoms with van der Waals surface area (Å²) in [7, 11) is -3.55. The molecule has 2 saturated heterocycles. The molecule has 4 heterocycles. The van der Waals surface area contributed by atoms with Gasteiger partial charge in [0, 0.05) is 39.5 Å². The topological polar surface area (TPSA) is 6.48 Å². The monoisotopic (exact) mass is 870 g/mol. The van der Waals surface area contributed by atoms with Crippen molar-refractivity contribution in [1.82, 2.24) is 0 Å². The van der Waals surface area contributed by atoms with Gasteiger partial charge >= 0.3 is 0 Å². The van der Waals surface area contributed by atoms with E-state index in [1.165, 1.54) is 128 Å². The number of nitrogens with zero attached hydrogens (tertiary/aromatic N) is 2. The van der Waals surface area contributed by atoms with Crippen LogP contribution in [0.25, 0.3) is 34.4 Å². The summed E-state index contributed by atoms with van der Waals surface area (Å²) in [4.78, 5) is 5.12. The van der Waals surface area contributed by atoms with Crippen LogP contribution in [0.3, 0.4) is 0 Å². The number of fused-ring (bicyclic) bond motifs is 11. The van der Waals surface area contributed by atoms with Gasteiger partial charge in [-0.1, -0.05) is 187 Å². The molecule has 0 atom stereocenters. The maximum atomic E-state index is 2.58. The zero-order chi connectivity index (χ0) is 43.3. The summed E-state index contributed by atoms with van der Waals surface area (Å²) in [5, 5.41) is 6.49.